The SMILES string of the molecule is O=C(O)c1cc(-c2ccccc2F)n(-c2ccccc2)n1. The molecule has 1 N–H and O–H groups in total. The number of nitrogens with zero attached hydrogens (tertiary/aromatic N) is 2. The van der Waals surface area contributed by atoms with Crippen LogP contribution in [0.25, 0.3) is 16.9 Å². The number of aromatic nitrogens is 2. The number of rotatable bonds is 3. The van der Waals surface area contributed by atoms with Crippen LogP contribution in [-0.2, 0) is 0 Å². The van der Waals surface area contributed by atoms with Crippen molar-refractivity contribution in [2.75, 3.05) is 0 Å². The molecule has 0 aliphatic heterocycles. The van der Waals surface area contributed by atoms with E-state index in [2.05, 4.69) is 5.10 Å². The Balaban J connectivity index is 2.24. The zero-order valence-corrected chi connectivity index (χ0v) is 10.9. The molecule has 0 atom stereocenters. The molecule has 1 aromatic heterocycles. The molecule has 0 saturated carbocycles. The number of carbonyl (C=O) groups is 1. The third-order valence-electron chi connectivity index (χ3n) is 3.08. The second-order valence-electron chi connectivity index (χ2n) is 4.45. The van der Waals surface area contributed by atoms with Crippen molar-refractivity contribution < 1.29 is 14.3 Å². The first-order chi connectivity index (χ1) is 10.2. The number of halogens is 1. The largest absolute Gasteiger partial charge is 0.476 e. The molecule has 0 spiro atoms. The quantitative estimate of drug-likeness (QED) is 0.801. The van der Waals surface area contributed by atoms with Gasteiger partial charge in [0.2, 0.25) is 0 Å². The van der Waals surface area contributed by atoms with Gasteiger partial charge in [0.1, 0.15) is 5.82 Å². The molecule has 5 heteroatoms. The van der Waals surface area contributed by atoms with Crippen LogP contribution in [0.3, 0.4) is 0 Å². The van der Waals surface area contributed by atoms with Crippen molar-refractivity contribution in [3.63, 3.8) is 0 Å². The number of carboxylic acid groups (broad SMARTS) is 1. The Labute approximate surface area is 120 Å². The van der Waals surface area contributed by atoms with E-state index in [1.807, 2.05) is 18.2 Å². The lowest BCUT2D eigenvalue weighted by atomic mass is 10.1. The molecule has 0 fully saturated rings. The van der Waals surface area contributed by atoms with Crippen molar-refractivity contribution in [2.45, 2.75) is 0 Å². The maximum atomic E-state index is 14.0. The number of hydrogen-bond donors (Lipinski definition) is 1. The van der Waals surface area contributed by atoms with Gasteiger partial charge in [0.25, 0.3) is 0 Å². The fourth-order valence-electron chi connectivity index (χ4n) is 2.11. The van der Waals surface area contributed by atoms with Gasteiger partial charge in [-0.1, -0.05) is 30.3 Å². The van der Waals surface area contributed by atoms with Crippen LogP contribution >= 0.6 is 0 Å². The first-order valence-corrected chi connectivity index (χ1v) is 6.30. The van der Waals surface area contributed by atoms with Gasteiger partial charge in [-0.05, 0) is 30.3 Å². The van der Waals surface area contributed by atoms with Crippen molar-refractivity contribution in [1.82, 2.24) is 9.78 Å². The topological polar surface area (TPSA) is 55.1 Å². The van der Waals surface area contributed by atoms with E-state index in [4.69, 9.17) is 5.11 Å². The molecule has 0 aliphatic rings. The summed E-state index contributed by atoms with van der Waals surface area (Å²) in [5.41, 5.74) is 1.25. The van der Waals surface area contributed by atoms with Crippen molar-refractivity contribution in [1.29, 1.82) is 0 Å². The lowest BCUT2D eigenvalue weighted by molar-refractivity contribution is 0.0690. The van der Waals surface area contributed by atoms with Gasteiger partial charge in [-0.3, -0.25) is 0 Å². The minimum Gasteiger partial charge on any atom is -0.476 e. The summed E-state index contributed by atoms with van der Waals surface area (Å²) in [5.74, 6) is -1.58. The molecule has 0 amide bonds. The van der Waals surface area contributed by atoms with Gasteiger partial charge in [-0.15, -0.1) is 0 Å². The Kier molecular flexibility index (Phi) is 3.23. The van der Waals surface area contributed by atoms with Crippen LogP contribution in [-0.4, -0.2) is 20.9 Å². The molecular weight excluding hydrogens is 271 g/mol. The van der Waals surface area contributed by atoms with Crippen molar-refractivity contribution in [3.8, 4) is 16.9 Å². The van der Waals surface area contributed by atoms with Crippen LogP contribution in [0.15, 0.2) is 60.7 Å². The van der Waals surface area contributed by atoms with Crippen LogP contribution in [0.1, 0.15) is 10.5 Å². The first-order valence-electron chi connectivity index (χ1n) is 6.30. The van der Waals surface area contributed by atoms with Gasteiger partial charge in [0.15, 0.2) is 5.69 Å². The maximum absolute atomic E-state index is 14.0. The second-order valence-corrected chi connectivity index (χ2v) is 4.45. The molecule has 2 aromatic carbocycles. The summed E-state index contributed by atoms with van der Waals surface area (Å²) in [6.07, 6.45) is 0. The van der Waals surface area contributed by atoms with E-state index < -0.39 is 11.8 Å². The van der Waals surface area contributed by atoms with E-state index in [9.17, 15) is 9.18 Å². The average Bonchev–Trinajstić information content (AvgIpc) is 2.94. The monoisotopic (exact) mass is 282 g/mol. The Morgan fingerprint density at radius 3 is 2.38 bits per heavy atom. The average molecular weight is 282 g/mol. The molecule has 1 heterocycles. The number of carboxylic acids is 1. The fraction of sp³-hybridized carbons (Fsp3) is 0. The minimum atomic E-state index is -1.15. The highest BCUT2D eigenvalue weighted by Crippen LogP contribution is 2.26. The van der Waals surface area contributed by atoms with Gasteiger partial charge in [-0.2, -0.15) is 5.10 Å². The molecule has 0 unspecified atom stereocenters. The van der Waals surface area contributed by atoms with E-state index in [-0.39, 0.29) is 5.69 Å². The predicted octanol–water partition coefficient (Wildman–Crippen LogP) is 3.38. The van der Waals surface area contributed by atoms with Gasteiger partial charge in [0, 0.05) is 5.56 Å². The van der Waals surface area contributed by atoms with Gasteiger partial charge in [0.05, 0.1) is 11.4 Å². The van der Waals surface area contributed by atoms with Crippen molar-refractivity contribution >= 4 is 5.97 Å². The van der Waals surface area contributed by atoms with Crippen LogP contribution in [0, 0.1) is 5.82 Å². The molecule has 0 radical (unpaired) electrons. The van der Waals surface area contributed by atoms with E-state index in [0.717, 1.165) is 0 Å². The molecule has 21 heavy (non-hydrogen) atoms. The first kappa shape index (κ1) is 13.1. The Morgan fingerprint density at radius 1 is 1.05 bits per heavy atom. The van der Waals surface area contributed by atoms with E-state index in [1.54, 1.807) is 30.3 Å². The molecule has 104 valence electrons. The Morgan fingerprint density at radius 2 is 1.71 bits per heavy atom. The summed E-state index contributed by atoms with van der Waals surface area (Å²) in [5, 5.41) is 13.2. The van der Waals surface area contributed by atoms with Crippen molar-refractivity contribution in [2.24, 2.45) is 0 Å². The molecule has 3 rings (SSSR count). The van der Waals surface area contributed by atoms with Gasteiger partial charge in [-0.25, -0.2) is 13.9 Å². The molecule has 4 nitrogen and oxygen atoms in total. The second kappa shape index (κ2) is 5.20. The number of aromatic carboxylic acids is 1. The number of benzene rings is 2. The molecule has 0 aliphatic carbocycles. The maximum Gasteiger partial charge on any atom is 0.356 e. The van der Waals surface area contributed by atoms with E-state index in [0.29, 0.717) is 16.9 Å². The normalized spacial score (nSPS) is 10.5. The van der Waals surface area contributed by atoms with Crippen LogP contribution in [0.5, 0.6) is 0 Å². The summed E-state index contributed by atoms with van der Waals surface area (Å²) in [6.45, 7) is 0. The lowest BCUT2D eigenvalue weighted by Gasteiger charge is -2.07. The third-order valence-corrected chi connectivity index (χ3v) is 3.08. The molecule has 0 saturated heterocycles. The van der Waals surface area contributed by atoms with Crippen LogP contribution < -0.4 is 0 Å². The summed E-state index contributed by atoms with van der Waals surface area (Å²) >= 11 is 0. The predicted molar refractivity (Wildman–Crippen MR) is 75.9 cm³/mol. The Hall–Kier alpha value is -2.95. The Bertz CT molecular complexity index is 797. The fourth-order valence-corrected chi connectivity index (χ4v) is 2.11. The van der Waals surface area contributed by atoms with Crippen LogP contribution in [0.2, 0.25) is 0 Å². The highest BCUT2D eigenvalue weighted by atomic mass is 19.1. The van der Waals surface area contributed by atoms with E-state index >= 15 is 0 Å². The standard InChI is InChI=1S/C16H11FN2O2/c17-13-9-5-4-8-12(13)15-10-14(16(20)21)18-19(15)11-6-2-1-3-7-11/h1-10H,(H,20,21). The molecule has 0 bridgehead atoms. The summed E-state index contributed by atoms with van der Waals surface area (Å²) in [4.78, 5) is 11.1. The number of hydrogen-bond acceptors (Lipinski definition) is 2. The molecular formula is C16H11FN2O2. The highest BCUT2D eigenvalue weighted by molar-refractivity contribution is 5.87. The minimum absolute atomic E-state index is 0.128. The van der Waals surface area contributed by atoms with Crippen molar-refractivity contribution in [3.05, 3.63) is 72.2 Å². The van der Waals surface area contributed by atoms with Gasteiger partial charge >= 0.3 is 5.97 Å². The van der Waals surface area contributed by atoms with E-state index in [1.165, 1.54) is 16.8 Å². The third kappa shape index (κ3) is 2.41. The highest BCUT2D eigenvalue weighted by Gasteiger charge is 2.17. The summed E-state index contributed by atoms with van der Waals surface area (Å²) < 4.78 is 15.4. The zero-order chi connectivity index (χ0) is 14.8. The lowest BCUT2D eigenvalue weighted by Crippen LogP contribution is -2.02. The smallest absolute Gasteiger partial charge is 0.356 e. The summed E-state index contributed by atoms with van der Waals surface area (Å²) in [7, 11) is 0. The van der Waals surface area contributed by atoms with Crippen LogP contribution in [0.4, 0.5) is 4.39 Å². The number of para-hydroxylation sites is 1. The molecule has 3 aromatic rings. The summed E-state index contributed by atoms with van der Waals surface area (Å²) in [6, 6.07) is 16.6. The zero-order valence-electron chi connectivity index (χ0n) is 10.9. The van der Waals surface area contributed by atoms with Gasteiger partial charge < -0.3 is 5.11 Å².